The van der Waals surface area contributed by atoms with Gasteiger partial charge in [0.2, 0.25) is 0 Å². The van der Waals surface area contributed by atoms with Crippen molar-refractivity contribution < 1.29 is 9.47 Å². The average Bonchev–Trinajstić information content (AvgIpc) is 3.26. The molecule has 1 aromatic heterocycles. The zero-order valence-corrected chi connectivity index (χ0v) is 19.1. The Morgan fingerprint density at radius 2 is 2.06 bits per heavy atom. The molecular weight excluding hydrogens is 392 g/mol. The van der Waals surface area contributed by atoms with Gasteiger partial charge in [-0.25, -0.2) is 9.98 Å². The molecule has 31 heavy (non-hydrogen) atoms. The highest BCUT2D eigenvalue weighted by Gasteiger charge is 2.27. The van der Waals surface area contributed by atoms with Crippen molar-refractivity contribution in [2.24, 2.45) is 10.9 Å². The van der Waals surface area contributed by atoms with Crippen LogP contribution in [0.4, 0.5) is 5.82 Å². The molecule has 0 aromatic carbocycles. The second-order valence-electron chi connectivity index (χ2n) is 8.83. The maximum absolute atomic E-state index is 5.66. The van der Waals surface area contributed by atoms with Crippen LogP contribution in [0.15, 0.2) is 23.3 Å². The number of hydrogen-bond donors (Lipinski definition) is 1. The van der Waals surface area contributed by atoms with Crippen molar-refractivity contribution in [3.63, 3.8) is 0 Å². The smallest absolute Gasteiger partial charge is 0.194 e. The number of morpholine rings is 2. The van der Waals surface area contributed by atoms with Gasteiger partial charge in [-0.05, 0) is 43.9 Å². The van der Waals surface area contributed by atoms with E-state index in [9.17, 15) is 0 Å². The van der Waals surface area contributed by atoms with Crippen molar-refractivity contribution in [3.05, 3.63) is 23.9 Å². The topological polar surface area (TPSA) is 65.5 Å². The molecule has 4 heterocycles. The second-order valence-corrected chi connectivity index (χ2v) is 8.83. The lowest BCUT2D eigenvalue weighted by Gasteiger charge is -2.32. The molecule has 0 aliphatic carbocycles. The first-order valence-corrected chi connectivity index (χ1v) is 11.9. The zero-order chi connectivity index (χ0) is 21.5. The molecule has 2 unspecified atom stereocenters. The van der Waals surface area contributed by atoms with Crippen LogP contribution in [0.5, 0.6) is 0 Å². The fourth-order valence-electron chi connectivity index (χ4n) is 4.67. The molecule has 0 amide bonds. The van der Waals surface area contributed by atoms with Crippen LogP contribution in [0.3, 0.4) is 0 Å². The van der Waals surface area contributed by atoms with E-state index in [1.165, 1.54) is 18.5 Å². The Balaban J connectivity index is 1.35. The predicted molar refractivity (Wildman–Crippen MR) is 124 cm³/mol. The molecular formula is C23H38N6O2. The Morgan fingerprint density at radius 3 is 2.87 bits per heavy atom. The highest BCUT2D eigenvalue weighted by Crippen LogP contribution is 2.20. The van der Waals surface area contributed by atoms with Crippen LogP contribution in [-0.2, 0) is 16.0 Å². The summed E-state index contributed by atoms with van der Waals surface area (Å²) in [5, 5.41) is 3.50. The second kappa shape index (κ2) is 11.1. The highest BCUT2D eigenvalue weighted by molar-refractivity contribution is 5.80. The number of nitrogens with one attached hydrogen (secondary N) is 1. The van der Waals surface area contributed by atoms with Gasteiger partial charge in [-0.1, -0.05) is 0 Å². The maximum Gasteiger partial charge on any atom is 0.194 e. The summed E-state index contributed by atoms with van der Waals surface area (Å²) in [6.07, 6.45) is 3.39. The Morgan fingerprint density at radius 1 is 1.19 bits per heavy atom. The number of pyridine rings is 1. The van der Waals surface area contributed by atoms with Gasteiger partial charge >= 0.3 is 0 Å². The van der Waals surface area contributed by atoms with Gasteiger partial charge in [0.25, 0.3) is 0 Å². The number of anilines is 1. The highest BCUT2D eigenvalue weighted by atomic mass is 16.5. The first-order valence-electron chi connectivity index (χ1n) is 11.9. The largest absolute Gasteiger partial charge is 0.379 e. The third-order valence-electron chi connectivity index (χ3n) is 6.33. The van der Waals surface area contributed by atoms with Crippen LogP contribution in [-0.4, -0.2) is 99.0 Å². The number of nitrogens with zero attached hydrogens (tertiary/aromatic N) is 5. The van der Waals surface area contributed by atoms with E-state index in [4.69, 9.17) is 14.5 Å². The van der Waals surface area contributed by atoms with Crippen LogP contribution in [0.1, 0.15) is 25.8 Å². The summed E-state index contributed by atoms with van der Waals surface area (Å²) >= 11 is 0. The molecule has 0 bridgehead atoms. The Bertz CT molecular complexity index is 724. The molecule has 1 aromatic rings. The monoisotopic (exact) mass is 430 g/mol. The molecule has 3 saturated heterocycles. The van der Waals surface area contributed by atoms with Crippen LogP contribution in [0.25, 0.3) is 0 Å². The Labute approximate surface area is 186 Å². The van der Waals surface area contributed by atoms with Gasteiger partial charge in [0.15, 0.2) is 5.96 Å². The molecule has 1 N–H and O–H groups in total. The third kappa shape index (κ3) is 6.30. The fourth-order valence-corrected chi connectivity index (χ4v) is 4.67. The first-order chi connectivity index (χ1) is 15.2. The minimum absolute atomic E-state index is 0.248. The molecule has 0 radical (unpaired) electrons. The van der Waals surface area contributed by atoms with Crippen molar-refractivity contribution in [1.82, 2.24) is 20.1 Å². The van der Waals surface area contributed by atoms with Gasteiger partial charge < -0.3 is 24.6 Å². The van der Waals surface area contributed by atoms with E-state index in [0.29, 0.717) is 12.5 Å². The quantitative estimate of drug-likeness (QED) is 0.541. The molecule has 8 nitrogen and oxygen atoms in total. The van der Waals surface area contributed by atoms with E-state index in [2.05, 4.69) is 51.0 Å². The molecule has 8 heteroatoms. The maximum atomic E-state index is 5.66. The molecule has 3 fully saturated rings. The van der Waals surface area contributed by atoms with E-state index >= 15 is 0 Å². The van der Waals surface area contributed by atoms with E-state index in [1.807, 2.05) is 6.20 Å². The number of aliphatic imine (C=N–C) groups is 1. The number of hydrogen-bond acceptors (Lipinski definition) is 6. The Hall–Kier alpha value is -1.90. The van der Waals surface area contributed by atoms with Gasteiger partial charge in [-0.15, -0.1) is 0 Å². The van der Waals surface area contributed by atoms with E-state index < -0.39 is 0 Å². The lowest BCUT2D eigenvalue weighted by atomic mass is 10.1. The zero-order valence-electron chi connectivity index (χ0n) is 19.1. The first kappa shape index (κ1) is 22.3. The van der Waals surface area contributed by atoms with Gasteiger partial charge in [-0.2, -0.15) is 0 Å². The fraction of sp³-hybridized carbons (Fsp3) is 0.739. The van der Waals surface area contributed by atoms with Gasteiger partial charge in [0.05, 0.1) is 32.5 Å². The van der Waals surface area contributed by atoms with E-state index in [-0.39, 0.29) is 6.10 Å². The number of ether oxygens (including phenoxy) is 2. The normalized spacial score (nSPS) is 25.8. The predicted octanol–water partition coefficient (Wildman–Crippen LogP) is 1.43. The molecule has 4 rings (SSSR count). The standard InChI is InChI=1S/C23H38N6O2/c1-3-24-23(29-7-5-21(18-29)17-27-8-11-30-12-9-27)26-15-20-4-6-25-22(14-20)28-10-13-31-19(2)16-28/h4,6,14,19,21H,3,5,7-13,15-18H2,1-2H3,(H,24,26). The number of likely N-dealkylation sites (tertiary alicyclic amines) is 1. The minimum Gasteiger partial charge on any atom is -0.379 e. The summed E-state index contributed by atoms with van der Waals surface area (Å²) in [5.41, 5.74) is 1.20. The van der Waals surface area contributed by atoms with Crippen molar-refractivity contribution in [2.45, 2.75) is 32.9 Å². The van der Waals surface area contributed by atoms with Gasteiger partial charge in [0, 0.05) is 58.6 Å². The number of aromatic nitrogens is 1. The van der Waals surface area contributed by atoms with Crippen LogP contribution in [0, 0.1) is 5.92 Å². The van der Waals surface area contributed by atoms with Crippen molar-refractivity contribution in [1.29, 1.82) is 0 Å². The summed E-state index contributed by atoms with van der Waals surface area (Å²) in [4.78, 5) is 16.8. The summed E-state index contributed by atoms with van der Waals surface area (Å²) < 4.78 is 11.2. The summed E-state index contributed by atoms with van der Waals surface area (Å²) in [5.74, 6) is 2.77. The minimum atomic E-state index is 0.248. The molecule has 172 valence electrons. The van der Waals surface area contributed by atoms with E-state index in [1.54, 1.807) is 0 Å². The number of guanidine groups is 1. The van der Waals surface area contributed by atoms with Crippen molar-refractivity contribution in [3.8, 4) is 0 Å². The lowest BCUT2D eigenvalue weighted by Crippen LogP contribution is -2.42. The van der Waals surface area contributed by atoms with Gasteiger partial charge in [0.1, 0.15) is 5.82 Å². The molecule has 3 aliphatic heterocycles. The molecule has 2 atom stereocenters. The summed E-state index contributed by atoms with van der Waals surface area (Å²) in [6, 6.07) is 4.25. The van der Waals surface area contributed by atoms with Crippen molar-refractivity contribution in [2.75, 3.05) is 77.1 Å². The van der Waals surface area contributed by atoms with Crippen LogP contribution in [0.2, 0.25) is 0 Å². The van der Waals surface area contributed by atoms with Crippen molar-refractivity contribution >= 4 is 11.8 Å². The van der Waals surface area contributed by atoms with Crippen LogP contribution < -0.4 is 10.2 Å². The van der Waals surface area contributed by atoms with Gasteiger partial charge in [-0.3, -0.25) is 4.90 Å². The Kier molecular flexibility index (Phi) is 7.99. The SMILES string of the molecule is CCNC(=NCc1ccnc(N2CCOC(C)C2)c1)N1CCC(CN2CCOCC2)C1. The molecule has 0 saturated carbocycles. The number of rotatable bonds is 6. The summed E-state index contributed by atoms with van der Waals surface area (Å²) in [7, 11) is 0. The van der Waals surface area contributed by atoms with E-state index in [0.717, 1.165) is 77.4 Å². The lowest BCUT2D eigenvalue weighted by molar-refractivity contribution is 0.0315. The summed E-state index contributed by atoms with van der Waals surface area (Å²) in [6.45, 7) is 15.6. The molecule has 3 aliphatic rings. The van der Waals surface area contributed by atoms with Crippen LogP contribution >= 0.6 is 0 Å². The average molecular weight is 431 g/mol. The molecule has 0 spiro atoms. The third-order valence-corrected chi connectivity index (χ3v) is 6.33.